The molecule has 8 nitrogen and oxygen atoms in total. The Morgan fingerprint density at radius 2 is 1.48 bits per heavy atom. The van der Waals surface area contributed by atoms with E-state index < -0.39 is 11.9 Å². The topological polar surface area (TPSA) is 103 Å². The zero-order chi connectivity index (χ0) is 29.4. The number of carbonyl (C=O) groups is 3. The predicted octanol–water partition coefficient (Wildman–Crippen LogP) is 6.72. The third-order valence-electron chi connectivity index (χ3n) is 6.87. The second-order valence-corrected chi connectivity index (χ2v) is 10.3. The molecule has 1 aromatic heterocycles. The number of rotatable bonds is 7. The SMILES string of the molecule is CC(C)CN1C(=O)c2ccc(C(=O)Oc3ccc4c(=O)c(Oc5ccc(-c6ccccc6)cc5)coc4c3)cc2C1=O. The van der Waals surface area contributed by atoms with Crippen LogP contribution in [-0.4, -0.2) is 29.2 Å². The van der Waals surface area contributed by atoms with Gasteiger partial charge in [0, 0.05) is 12.6 Å². The molecule has 1 aliphatic rings. The molecule has 0 N–H and O–H groups in total. The highest BCUT2D eigenvalue weighted by Crippen LogP contribution is 2.28. The molecule has 0 radical (unpaired) electrons. The van der Waals surface area contributed by atoms with E-state index in [0.29, 0.717) is 12.3 Å². The quantitative estimate of drug-likeness (QED) is 0.124. The van der Waals surface area contributed by atoms with Crippen LogP contribution in [0.4, 0.5) is 0 Å². The number of benzene rings is 4. The summed E-state index contributed by atoms with van der Waals surface area (Å²) >= 11 is 0. The Labute approximate surface area is 240 Å². The van der Waals surface area contributed by atoms with Crippen molar-refractivity contribution in [3.05, 3.63) is 124 Å². The lowest BCUT2D eigenvalue weighted by Crippen LogP contribution is -2.33. The van der Waals surface area contributed by atoms with E-state index in [9.17, 15) is 19.2 Å². The minimum Gasteiger partial charge on any atom is -0.460 e. The van der Waals surface area contributed by atoms with Crippen LogP contribution in [0.2, 0.25) is 0 Å². The number of esters is 1. The molecule has 2 amide bonds. The molecule has 0 bridgehead atoms. The van der Waals surface area contributed by atoms with Gasteiger partial charge in [-0.2, -0.15) is 0 Å². The molecule has 2 heterocycles. The first-order chi connectivity index (χ1) is 20.3. The van der Waals surface area contributed by atoms with Crippen molar-refractivity contribution in [2.45, 2.75) is 13.8 Å². The van der Waals surface area contributed by atoms with Gasteiger partial charge in [0.2, 0.25) is 11.2 Å². The van der Waals surface area contributed by atoms with Crippen LogP contribution in [0.25, 0.3) is 22.1 Å². The first kappa shape index (κ1) is 26.7. The summed E-state index contributed by atoms with van der Waals surface area (Å²) in [6.45, 7) is 4.12. The fraction of sp³-hybridized carbons (Fsp3) is 0.118. The van der Waals surface area contributed by atoms with Gasteiger partial charge >= 0.3 is 5.97 Å². The van der Waals surface area contributed by atoms with E-state index in [4.69, 9.17) is 13.9 Å². The van der Waals surface area contributed by atoms with Crippen LogP contribution < -0.4 is 14.9 Å². The largest absolute Gasteiger partial charge is 0.460 e. The average molecular weight is 560 g/mol. The highest BCUT2D eigenvalue weighted by atomic mass is 16.5. The summed E-state index contributed by atoms with van der Waals surface area (Å²) in [5.41, 5.74) is 2.45. The lowest BCUT2D eigenvalue weighted by Gasteiger charge is -2.15. The van der Waals surface area contributed by atoms with E-state index in [1.807, 2.05) is 56.3 Å². The van der Waals surface area contributed by atoms with Gasteiger partial charge in [0.05, 0.1) is 22.1 Å². The molecule has 5 aromatic rings. The Morgan fingerprint density at radius 1 is 0.786 bits per heavy atom. The molecular formula is C34H25NO7. The molecule has 0 saturated carbocycles. The van der Waals surface area contributed by atoms with Gasteiger partial charge in [0.25, 0.3) is 11.8 Å². The fourth-order valence-corrected chi connectivity index (χ4v) is 4.81. The Bertz CT molecular complexity index is 1910. The van der Waals surface area contributed by atoms with Crippen LogP contribution in [0.5, 0.6) is 17.2 Å². The summed E-state index contributed by atoms with van der Waals surface area (Å²) in [5.74, 6) is -0.779. The summed E-state index contributed by atoms with van der Waals surface area (Å²) < 4.78 is 16.9. The average Bonchev–Trinajstić information content (AvgIpc) is 3.23. The summed E-state index contributed by atoms with van der Waals surface area (Å²) in [6, 6.07) is 25.9. The third-order valence-corrected chi connectivity index (χ3v) is 6.87. The van der Waals surface area contributed by atoms with Gasteiger partial charge in [0.1, 0.15) is 23.3 Å². The van der Waals surface area contributed by atoms with Crippen molar-refractivity contribution >= 4 is 28.8 Å². The Morgan fingerprint density at radius 3 is 2.21 bits per heavy atom. The molecule has 8 heteroatoms. The van der Waals surface area contributed by atoms with Crippen molar-refractivity contribution in [2.75, 3.05) is 6.54 Å². The smallest absolute Gasteiger partial charge is 0.343 e. The van der Waals surface area contributed by atoms with Crippen LogP contribution in [0.15, 0.2) is 106 Å². The van der Waals surface area contributed by atoms with Gasteiger partial charge in [-0.3, -0.25) is 19.3 Å². The Balaban J connectivity index is 1.18. The van der Waals surface area contributed by atoms with E-state index in [2.05, 4.69) is 0 Å². The van der Waals surface area contributed by atoms with Crippen LogP contribution in [-0.2, 0) is 0 Å². The van der Waals surface area contributed by atoms with Crippen molar-refractivity contribution in [3.8, 4) is 28.4 Å². The standard InChI is InChI=1S/C34H25NO7/c1-20(2)18-35-32(37)26-14-10-23(16-28(26)33(35)38)34(39)42-25-13-15-27-29(17-25)40-19-30(31(27)36)41-24-11-8-22(9-12-24)21-6-4-3-5-7-21/h3-17,19-20H,18H2,1-2H3. The maximum atomic E-state index is 13.1. The molecule has 4 aromatic carbocycles. The lowest BCUT2D eigenvalue weighted by atomic mass is 10.1. The molecule has 6 rings (SSSR count). The zero-order valence-electron chi connectivity index (χ0n) is 22.8. The number of nitrogens with zero attached hydrogens (tertiary/aromatic N) is 1. The number of carbonyl (C=O) groups excluding carboxylic acids is 3. The summed E-state index contributed by atoms with van der Waals surface area (Å²) in [4.78, 5) is 52.5. The van der Waals surface area contributed by atoms with Crippen molar-refractivity contribution in [2.24, 2.45) is 5.92 Å². The number of imide groups is 1. The van der Waals surface area contributed by atoms with Gasteiger partial charge in [-0.15, -0.1) is 0 Å². The van der Waals surface area contributed by atoms with Crippen molar-refractivity contribution in [1.82, 2.24) is 4.90 Å². The molecule has 0 aliphatic carbocycles. The number of hydrogen-bond acceptors (Lipinski definition) is 7. The Kier molecular flexibility index (Phi) is 6.88. The van der Waals surface area contributed by atoms with Crippen LogP contribution in [0.3, 0.4) is 0 Å². The van der Waals surface area contributed by atoms with Crippen molar-refractivity contribution in [3.63, 3.8) is 0 Å². The lowest BCUT2D eigenvalue weighted by molar-refractivity contribution is 0.0635. The number of ether oxygens (including phenoxy) is 2. The van der Waals surface area contributed by atoms with Crippen molar-refractivity contribution < 1.29 is 28.3 Å². The molecule has 0 saturated heterocycles. The summed E-state index contributed by atoms with van der Waals surface area (Å²) in [7, 11) is 0. The minimum absolute atomic E-state index is 0.0172. The minimum atomic E-state index is -0.721. The number of fused-ring (bicyclic) bond motifs is 2. The monoisotopic (exact) mass is 559 g/mol. The third kappa shape index (κ3) is 5.06. The van der Waals surface area contributed by atoms with Crippen molar-refractivity contribution in [1.29, 1.82) is 0 Å². The molecule has 0 atom stereocenters. The predicted molar refractivity (Wildman–Crippen MR) is 156 cm³/mol. The van der Waals surface area contributed by atoms with E-state index in [1.54, 1.807) is 12.1 Å². The molecular weight excluding hydrogens is 534 g/mol. The first-order valence-corrected chi connectivity index (χ1v) is 13.4. The van der Waals surface area contributed by atoms with E-state index in [1.165, 1.54) is 47.6 Å². The summed E-state index contributed by atoms with van der Waals surface area (Å²) in [5, 5.41) is 0.250. The van der Waals surface area contributed by atoms with Crippen LogP contribution in [0, 0.1) is 5.92 Å². The van der Waals surface area contributed by atoms with Gasteiger partial charge in [-0.05, 0) is 59.5 Å². The Hall–Kier alpha value is -5.50. The van der Waals surface area contributed by atoms with Crippen LogP contribution >= 0.6 is 0 Å². The van der Waals surface area contributed by atoms with E-state index >= 15 is 0 Å². The van der Waals surface area contributed by atoms with E-state index in [0.717, 1.165) is 11.1 Å². The second-order valence-electron chi connectivity index (χ2n) is 10.3. The molecule has 0 spiro atoms. The van der Waals surface area contributed by atoms with Gasteiger partial charge in [-0.25, -0.2) is 4.79 Å². The number of hydrogen-bond donors (Lipinski definition) is 0. The number of amides is 2. The molecule has 0 unspecified atom stereocenters. The summed E-state index contributed by atoms with van der Waals surface area (Å²) in [6.07, 6.45) is 1.22. The van der Waals surface area contributed by atoms with Gasteiger partial charge in [0.15, 0.2) is 0 Å². The maximum Gasteiger partial charge on any atom is 0.343 e. The fourth-order valence-electron chi connectivity index (χ4n) is 4.81. The molecule has 42 heavy (non-hydrogen) atoms. The molecule has 1 aliphatic heterocycles. The highest BCUT2D eigenvalue weighted by Gasteiger charge is 2.36. The maximum absolute atomic E-state index is 13.1. The molecule has 208 valence electrons. The van der Waals surface area contributed by atoms with Gasteiger partial charge in [-0.1, -0.05) is 56.3 Å². The normalized spacial score (nSPS) is 12.6. The highest BCUT2D eigenvalue weighted by molar-refractivity contribution is 6.22. The zero-order valence-corrected chi connectivity index (χ0v) is 22.8. The second kappa shape index (κ2) is 10.8. The molecule has 0 fully saturated rings. The van der Waals surface area contributed by atoms with E-state index in [-0.39, 0.29) is 56.4 Å². The van der Waals surface area contributed by atoms with Crippen LogP contribution in [0.1, 0.15) is 44.9 Å². The first-order valence-electron chi connectivity index (χ1n) is 13.4. The van der Waals surface area contributed by atoms with Gasteiger partial charge < -0.3 is 13.9 Å².